The first-order valence-corrected chi connectivity index (χ1v) is 17.7. The SMILES string of the molecule is CCCCCCCCCCCCC(=O)O[C@@H](CO)COC(=O)CCC/C=C/C[C@@H]1[C@@H](/C=C/[C@@H](O)CCCCC)[C@H](O)C[C@@H]1O. The normalized spacial score (nSPS) is 21.7. The Morgan fingerprint density at radius 1 is 0.795 bits per heavy atom. The maximum Gasteiger partial charge on any atom is 0.306 e. The summed E-state index contributed by atoms with van der Waals surface area (Å²) in [7, 11) is 0. The fourth-order valence-corrected chi connectivity index (χ4v) is 5.78. The molecule has 256 valence electrons. The van der Waals surface area contributed by atoms with Gasteiger partial charge in [-0.2, -0.15) is 0 Å². The topological polar surface area (TPSA) is 134 Å². The van der Waals surface area contributed by atoms with E-state index in [2.05, 4.69) is 13.8 Å². The van der Waals surface area contributed by atoms with Crippen LogP contribution < -0.4 is 0 Å². The highest BCUT2D eigenvalue weighted by atomic mass is 16.6. The van der Waals surface area contributed by atoms with Crippen molar-refractivity contribution >= 4 is 11.9 Å². The molecular weight excluding hydrogens is 560 g/mol. The minimum absolute atomic E-state index is 0.117. The standard InChI is InChI=1S/C36H64O8/c1-3-5-7-8-9-10-11-12-13-19-23-36(42)44-30(27-37)28-43-35(41)22-18-15-14-17-21-31-32(34(40)26-33(31)39)25-24-29(38)20-16-6-4-2/h14,17,24-25,29-34,37-40H,3-13,15-16,18-23,26-28H2,1-2H3/b17-14+,25-24+/t29-,30-,31+,32+,33-,34+/m0/s1. The molecule has 0 aliphatic heterocycles. The van der Waals surface area contributed by atoms with Crippen LogP contribution >= 0.6 is 0 Å². The first-order chi connectivity index (χ1) is 21.3. The van der Waals surface area contributed by atoms with Gasteiger partial charge in [0.15, 0.2) is 6.10 Å². The Bertz CT molecular complexity index is 782. The van der Waals surface area contributed by atoms with Crippen molar-refractivity contribution in [2.75, 3.05) is 13.2 Å². The molecule has 1 fully saturated rings. The van der Waals surface area contributed by atoms with E-state index in [4.69, 9.17) is 9.47 Å². The van der Waals surface area contributed by atoms with E-state index in [0.717, 1.165) is 38.5 Å². The molecule has 0 aromatic rings. The molecule has 0 heterocycles. The van der Waals surface area contributed by atoms with Gasteiger partial charge in [-0.05, 0) is 38.0 Å². The lowest BCUT2D eigenvalue weighted by Gasteiger charge is -2.19. The predicted octanol–water partition coefficient (Wildman–Crippen LogP) is 6.72. The van der Waals surface area contributed by atoms with Crippen LogP contribution in [-0.4, -0.2) is 70.0 Å². The molecule has 0 aromatic carbocycles. The highest BCUT2D eigenvalue weighted by Gasteiger charge is 2.39. The van der Waals surface area contributed by atoms with Crippen LogP contribution in [0.25, 0.3) is 0 Å². The van der Waals surface area contributed by atoms with Crippen LogP contribution in [0.5, 0.6) is 0 Å². The summed E-state index contributed by atoms with van der Waals surface area (Å²) in [6, 6.07) is 0. The molecule has 1 saturated carbocycles. The maximum absolute atomic E-state index is 12.1. The first kappa shape index (κ1) is 40.3. The van der Waals surface area contributed by atoms with Crippen LogP contribution in [0.3, 0.4) is 0 Å². The van der Waals surface area contributed by atoms with Crippen molar-refractivity contribution in [2.24, 2.45) is 11.8 Å². The van der Waals surface area contributed by atoms with Crippen LogP contribution in [-0.2, 0) is 19.1 Å². The van der Waals surface area contributed by atoms with Gasteiger partial charge >= 0.3 is 11.9 Å². The van der Waals surface area contributed by atoms with E-state index in [1.54, 1.807) is 6.08 Å². The van der Waals surface area contributed by atoms with Crippen molar-refractivity contribution in [3.05, 3.63) is 24.3 Å². The van der Waals surface area contributed by atoms with E-state index in [-0.39, 0.29) is 30.8 Å². The molecular formula is C36H64O8. The molecule has 0 spiro atoms. The number of hydrogen-bond donors (Lipinski definition) is 4. The van der Waals surface area contributed by atoms with Gasteiger partial charge in [0.2, 0.25) is 0 Å². The third kappa shape index (κ3) is 19.6. The van der Waals surface area contributed by atoms with Crippen LogP contribution in [0.1, 0.15) is 142 Å². The van der Waals surface area contributed by atoms with Gasteiger partial charge in [0, 0.05) is 25.2 Å². The number of unbranched alkanes of at least 4 members (excludes halogenated alkanes) is 12. The molecule has 1 aliphatic rings. The molecule has 0 aromatic heterocycles. The van der Waals surface area contributed by atoms with E-state index in [1.807, 2.05) is 18.2 Å². The third-order valence-electron chi connectivity index (χ3n) is 8.57. The van der Waals surface area contributed by atoms with E-state index < -0.39 is 37.0 Å². The highest BCUT2D eigenvalue weighted by molar-refractivity contribution is 5.70. The average molecular weight is 625 g/mol. The lowest BCUT2D eigenvalue weighted by Crippen LogP contribution is -2.28. The molecule has 1 rings (SSSR count). The summed E-state index contributed by atoms with van der Waals surface area (Å²) in [4.78, 5) is 24.2. The second-order valence-electron chi connectivity index (χ2n) is 12.6. The zero-order chi connectivity index (χ0) is 32.4. The maximum atomic E-state index is 12.1. The number of allylic oxidation sites excluding steroid dienone is 2. The van der Waals surface area contributed by atoms with Gasteiger partial charge in [-0.3, -0.25) is 9.59 Å². The van der Waals surface area contributed by atoms with Crippen LogP contribution in [0, 0.1) is 11.8 Å². The highest BCUT2D eigenvalue weighted by Crippen LogP contribution is 2.36. The molecule has 0 amide bonds. The summed E-state index contributed by atoms with van der Waals surface area (Å²) in [6.07, 6.45) is 23.3. The van der Waals surface area contributed by atoms with Crippen molar-refractivity contribution < 1.29 is 39.5 Å². The largest absolute Gasteiger partial charge is 0.462 e. The molecule has 44 heavy (non-hydrogen) atoms. The molecule has 8 nitrogen and oxygen atoms in total. The molecule has 0 unspecified atom stereocenters. The second kappa shape index (κ2) is 26.5. The zero-order valence-corrected chi connectivity index (χ0v) is 27.8. The number of esters is 2. The summed E-state index contributed by atoms with van der Waals surface area (Å²) < 4.78 is 10.5. The number of carbonyl (C=O) groups is 2. The molecule has 6 atom stereocenters. The van der Waals surface area contributed by atoms with Crippen molar-refractivity contribution in [3.8, 4) is 0 Å². The van der Waals surface area contributed by atoms with Crippen LogP contribution in [0.15, 0.2) is 24.3 Å². The lowest BCUT2D eigenvalue weighted by molar-refractivity contribution is -0.161. The second-order valence-corrected chi connectivity index (χ2v) is 12.6. The van der Waals surface area contributed by atoms with Gasteiger partial charge < -0.3 is 29.9 Å². The van der Waals surface area contributed by atoms with Gasteiger partial charge in [0.25, 0.3) is 0 Å². The quantitative estimate of drug-likeness (QED) is 0.0450. The Hall–Kier alpha value is -1.74. The predicted molar refractivity (Wildman–Crippen MR) is 175 cm³/mol. The fraction of sp³-hybridized carbons (Fsp3) is 0.833. The zero-order valence-electron chi connectivity index (χ0n) is 27.8. The Balaban J connectivity index is 2.20. The Morgan fingerprint density at radius 2 is 1.41 bits per heavy atom. The fourth-order valence-electron chi connectivity index (χ4n) is 5.78. The van der Waals surface area contributed by atoms with Gasteiger partial charge in [0.1, 0.15) is 6.61 Å². The van der Waals surface area contributed by atoms with Crippen molar-refractivity contribution in [1.29, 1.82) is 0 Å². The summed E-state index contributed by atoms with van der Waals surface area (Å²) >= 11 is 0. The molecule has 4 N–H and O–H groups in total. The molecule has 0 bridgehead atoms. The lowest BCUT2D eigenvalue weighted by atomic mass is 9.89. The van der Waals surface area contributed by atoms with Crippen LogP contribution in [0.2, 0.25) is 0 Å². The van der Waals surface area contributed by atoms with Gasteiger partial charge in [-0.15, -0.1) is 0 Å². The molecule has 8 heteroatoms. The Morgan fingerprint density at radius 3 is 2.07 bits per heavy atom. The monoisotopic (exact) mass is 624 g/mol. The minimum atomic E-state index is -0.845. The summed E-state index contributed by atoms with van der Waals surface area (Å²) in [5.74, 6) is -1.09. The smallest absolute Gasteiger partial charge is 0.306 e. The molecule has 1 aliphatic carbocycles. The summed E-state index contributed by atoms with van der Waals surface area (Å²) in [5.41, 5.74) is 0. The minimum Gasteiger partial charge on any atom is -0.462 e. The Labute approximate surface area is 267 Å². The van der Waals surface area contributed by atoms with Gasteiger partial charge in [-0.25, -0.2) is 0 Å². The number of hydrogen-bond acceptors (Lipinski definition) is 8. The number of rotatable bonds is 27. The number of ether oxygens (including phenoxy) is 2. The summed E-state index contributed by atoms with van der Waals surface area (Å²) in [5, 5.41) is 40.5. The van der Waals surface area contributed by atoms with E-state index in [1.165, 1.54) is 44.9 Å². The van der Waals surface area contributed by atoms with Crippen LogP contribution in [0.4, 0.5) is 0 Å². The van der Waals surface area contributed by atoms with Crippen molar-refractivity contribution in [2.45, 2.75) is 167 Å². The van der Waals surface area contributed by atoms with E-state index >= 15 is 0 Å². The third-order valence-corrected chi connectivity index (χ3v) is 8.57. The Kier molecular flexibility index (Phi) is 24.2. The average Bonchev–Trinajstić information content (AvgIpc) is 3.27. The number of aliphatic hydroxyl groups excluding tert-OH is 4. The molecule has 0 saturated heterocycles. The van der Waals surface area contributed by atoms with Gasteiger partial charge in [-0.1, -0.05) is 115 Å². The first-order valence-electron chi connectivity index (χ1n) is 17.7. The summed E-state index contributed by atoms with van der Waals surface area (Å²) in [6.45, 7) is 3.80. The number of carbonyl (C=O) groups excluding carboxylic acids is 2. The van der Waals surface area contributed by atoms with Crippen molar-refractivity contribution in [3.63, 3.8) is 0 Å². The van der Waals surface area contributed by atoms with Gasteiger partial charge in [0.05, 0.1) is 24.9 Å². The van der Waals surface area contributed by atoms with Crippen molar-refractivity contribution in [1.82, 2.24) is 0 Å². The van der Waals surface area contributed by atoms with E-state index in [0.29, 0.717) is 38.5 Å². The van der Waals surface area contributed by atoms with E-state index in [9.17, 15) is 30.0 Å². The number of aliphatic hydroxyl groups is 4. The molecule has 0 radical (unpaired) electrons.